The molecule has 0 atom stereocenters. The van der Waals surface area contributed by atoms with Crippen molar-refractivity contribution >= 4 is 39.9 Å². The number of halogens is 6. The lowest BCUT2D eigenvalue weighted by atomic mass is 10.0. The Labute approximate surface area is 180 Å². The molecule has 1 aliphatic rings. The predicted octanol–water partition coefficient (Wildman–Crippen LogP) is 6.05. The van der Waals surface area contributed by atoms with Gasteiger partial charge in [-0.05, 0) is 41.6 Å². The number of thioether (sulfide) groups is 1. The maximum absolute atomic E-state index is 13.5. The Bertz CT molecular complexity index is 1270. The lowest BCUT2D eigenvalue weighted by Gasteiger charge is -2.16. The molecular formula is C21H12F6N2O2S. The first kappa shape index (κ1) is 22.0. The average Bonchev–Trinajstić information content (AvgIpc) is 3.20. The van der Waals surface area contributed by atoms with Crippen LogP contribution < -0.4 is 5.32 Å². The van der Waals surface area contributed by atoms with E-state index in [1.165, 1.54) is 16.8 Å². The molecule has 32 heavy (non-hydrogen) atoms. The fraction of sp³-hybridized carbons (Fsp3) is 0.143. The summed E-state index contributed by atoms with van der Waals surface area (Å²) in [6, 6.07) is 8.22. The predicted molar refractivity (Wildman–Crippen MR) is 107 cm³/mol. The Morgan fingerprint density at radius 2 is 1.69 bits per heavy atom. The Morgan fingerprint density at radius 1 is 0.969 bits per heavy atom. The van der Waals surface area contributed by atoms with E-state index in [0.717, 1.165) is 6.07 Å². The Kier molecular flexibility index (Phi) is 5.32. The number of carbonyl (C=O) groups excluding carboxylic acids is 2. The van der Waals surface area contributed by atoms with Crippen LogP contribution in [0.3, 0.4) is 0 Å². The summed E-state index contributed by atoms with van der Waals surface area (Å²) in [5.74, 6) is -0.584. The number of alkyl halides is 6. The molecule has 3 aromatic rings. The smallest absolute Gasteiger partial charge is 0.342 e. The molecule has 11 heteroatoms. The van der Waals surface area contributed by atoms with Crippen molar-refractivity contribution in [2.24, 2.45) is 0 Å². The zero-order valence-electron chi connectivity index (χ0n) is 15.8. The second-order valence-electron chi connectivity index (χ2n) is 6.95. The Morgan fingerprint density at radius 3 is 2.31 bits per heavy atom. The van der Waals surface area contributed by atoms with Gasteiger partial charge in [0.2, 0.25) is 0 Å². The normalized spacial score (nSPS) is 16.2. The highest BCUT2D eigenvalue weighted by atomic mass is 32.2. The number of rotatable bonds is 3. The van der Waals surface area contributed by atoms with Crippen LogP contribution in [0.1, 0.15) is 22.3 Å². The van der Waals surface area contributed by atoms with E-state index < -0.39 is 34.6 Å². The summed E-state index contributed by atoms with van der Waals surface area (Å²) in [7, 11) is 0. The SMILES string of the molecule is O=C1NC(=O)C(=Cc2cn(Cc3ccc(C(F)(F)F)cc3C(F)(F)F)c3ccccc23)S1. The van der Waals surface area contributed by atoms with Gasteiger partial charge in [-0.2, -0.15) is 26.3 Å². The van der Waals surface area contributed by atoms with Gasteiger partial charge in [-0.3, -0.25) is 14.9 Å². The number of nitrogens with one attached hydrogen (secondary N) is 1. The van der Waals surface area contributed by atoms with Gasteiger partial charge in [-0.1, -0.05) is 24.3 Å². The van der Waals surface area contributed by atoms with Crippen molar-refractivity contribution in [2.75, 3.05) is 0 Å². The van der Waals surface area contributed by atoms with Crippen LogP contribution in [0.25, 0.3) is 17.0 Å². The van der Waals surface area contributed by atoms with Gasteiger partial charge in [-0.15, -0.1) is 0 Å². The third-order valence-corrected chi connectivity index (χ3v) is 5.64. The van der Waals surface area contributed by atoms with Crippen molar-refractivity contribution in [3.8, 4) is 0 Å². The van der Waals surface area contributed by atoms with Crippen LogP contribution in [0.2, 0.25) is 0 Å². The van der Waals surface area contributed by atoms with Crippen molar-refractivity contribution < 1.29 is 35.9 Å². The molecule has 4 rings (SSSR count). The van der Waals surface area contributed by atoms with Gasteiger partial charge in [0.1, 0.15) is 0 Å². The molecule has 1 saturated heterocycles. The van der Waals surface area contributed by atoms with Crippen molar-refractivity contribution in [3.63, 3.8) is 0 Å². The third kappa shape index (κ3) is 4.24. The molecule has 1 fully saturated rings. The van der Waals surface area contributed by atoms with Gasteiger partial charge in [0.05, 0.1) is 16.0 Å². The molecular weight excluding hydrogens is 458 g/mol. The number of hydrogen-bond donors (Lipinski definition) is 1. The third-order valence-electron chi connectivity index (χ3n) is 4.83. The molecule has 4 nitrogen and oxygen atoms in total. The average molecular weight is 470 g/mol. The summed E-state index contributed by atoms with van der Waals surface area (Å²) in [5.41, 5.74) is -2.10. The van der Waals surface area contributed by atoms with E-state index in [1.54, 1.807) is 24.3 Å². The minimum absolute atomic E-state index is 0.106. The highest BCUT2D eigenvalue weighted by Gasteiger charge is 2.38. The number of fused-ring (bicyclic) bond motifs is 1. The maximum atomic E-state index is 13.5. The first-order chi connectivity index (χ1) is 14.9. The number of aromatic nitrogens is 1. The van der Waals surface area contributed by atoms with Crippen molar-refractivity contribution in [1.82, 2.24) is 9.88 Å². The van der Waals surface area contributed by atoms with Crippen LogP contribution >= 0.6 is 11.8 Å². The number of hydrogen-bond acceptors (Lipinski definition) is 3. The summed E-state index contributed by atoms with van der Waals surface area (Å²) in [6.07, 6.45) is -6.95. The van der Waals surface area contributed by atoms with Crippen LogP contribution in [-0.4, -0.2) is 15.7 Å². The van der Waals surface area contributed by atoms with E-state index in [0.29, 0.717) is 34.3 Å². The number of carbonyl (C=O) groups is 2. The zero-order chi connectivity index (χ0) is 23.3. The lowest BCUT2D eigenvalue weighted by molar-refractivity contribution is -0.143. The van der Waals surface area contributed by atoms with Crippen molar-refractivity contribution in [2.45, 2.75) is 18.9 Å². The molecule has 0 radical (unpaired) electrons. The van der Waals surface area contributed by atoms with Crippen LogP contribution in [0, 0.1) is 0 Å². The summed E-state index contributed by atoms with van der Waals surface area (Å²) >= 11 is 0.697. The monoisotopic (exact) mass is 470 g/mol. The topological polar surface area (TPSA) is 51.1 Å². The van der Waals surface area contributed by atoms with Gasteiger partial charge >= 0.3 is 12.4 Å². The van der Waals surface area contributed by atoms with Crippen LogP contribution in [0.4, 0.5) is 31.1 Å². The molecule has 166 valence electrons. The van der Waals surface area contributed by atoms with Gasteiger partial charge in [-0.25, -0.2) is 0 Å². The van der Waals surface area contributed by atoms with E-state index in [1.807, 2.05) is 0 Å². The largest absolute Gasteiger partial charge is 0.416 e. The van der Waals surface area contributed by atoms with Gasteiger partial charge in [0.15, 0.2) is 0 Å². The quantitative estimate of drug-likeness (QED) is 0.375. The molecule has 2 amide bonds. The van der Waals surface area contributed by atoms with E-state index in [-0.39, 0.29) is 23.1 Å². The second kappa shape index (κ2) is 7.73. The minimum Gasteiger partial charge on any atom is -0.342 e. The number of amides is 2. The highest BCUT2D eigenvalue weighted by Crippen LogP contribution is 2.38. The van der Waals surface area contributed by atoms with E-state index >= 15 is 0 Å². The molecule has 0 saturated carbocycles. The molecule has 1 N–H and O–H groups in total. The van der Waals surface area contributed by atoms with Crippen molar-refractivity contribution in [3.05, 3.63) is 75.8 Å². The summed E-state index contributed by atoms with van der Waals surface area (Å²) in [6.45, 7) is -0.352. The molecule has 1 aliphatic heterocycles. The minimum atomic E-state index is -4.98. The van der Waals surface area contributed by atoms with Gasteiger partial charge in [0.25, 0.3) is 11.1 Å². The van der Waals surface area contributed by atoms with Crippen molar-refractivity contribution in [1.29, 1.82) is 0 Å². The zero-order valence-corrected chi connectivity index (χ0v) is 16.7. The molecule has 1 aromatic heterocycles. The fourth-order valence-corrected chi connectivity index (χ4v) is 4.09. The van der Waals surface area contributed by atoms with Gasteiger partial charge in [0, 0.05) is 29.2 Å². The highest BCUT2D eigenvalue weighted by molar-refractivity contribution is 8.18. The molecule has 2 heterocycles. The second-order valence-corrected chi connectivity index (χ2v) is 7.96. The van der Waals surface area contributed by atoms with Crippen LogP contribution in [0.5, 0.6) is 0 Å². The number of benzene rings is 2. The molecule has 0 bridgehead atoms. The number of imide groups is 1. The maximum Gasteiger partial charge on any atom is 0.416 e. The Hall–Kier alpha value is -3.21. The first-order valence-electron chi connectivity index (χ1n) is 9.03. The Balaban J connectivity index is 1.80. The van der Waals surface area contributed by atoms with Crippen LogP contribution in [-0.2, 0) is 23.7 Å². The fourth-order valence-electron chi connectivity index (χ4n) is 3.42. The first-order valence-corrected chi connectivity index (χ1v) is 9.85. The summed E-state index contributed by atoms with van der Waals surface area (Å²) in [5, 5.41) is 2.18. The molecule has 0 spiro atoms. The van der Waals surface area contributed by atoms with E-state index in [4.69, 9.17) is 0 Å². The standard InChI is InChI=1S/C21H12F6N2O2S/c22-20(23,24)13-6-5-11(15(8-13)21(25,26)27)9-29-10-12(14-3-1-2-4-16(14)29)7-17-18(30)28-19(31)32-17/h1-8,10H,9H2,(H,28,30,31). The molecule has 0 aliphatic carbocycles. The van der Waals surface area contributed by atoms with Crippen LogP contribution in [0.15, 0.2) is 53.6 Å². The number of para-hydroxylation sites is 1. The molecule has 0 unspecified atom stereocenters. The summed E-state index contributed by atoms with van der Waals surface area (Å²) in [4.78, 5) is 23.4. The van der Waals surface area contributed by atoms with E-state index in [9.17, 15) is 35.9 Å². The lowest BCUT2D eigenvalue weighted by Crippen LogP contribution is -2.17. The number of nitrogens with zero attached hydrogens (tertiary/aromatic N) is 1. The van der Waals surface area contributed by atoms with Gasteiger partial charge < -0.3 is 4.57 Å². The summed E-state index contributed by atoms with van der Waals surface area (Å²) < 4.78 is 80.9. The molecule has 2 aromatic carbocycles. The van der Waals surface area contributed by atoms with E-state index in [2.05, 4.69) is 5.32 Å².